The van der Waals surface area contributed by atoms with E-state index in [4.69, 9.17) is 10.5 Å². The lowest BCUT2D eigenvalue weighted by atomic mass is 10.0. The van der Waals surface area contributed by atoms with Crippen molar-refractivity contribution in [3.8, 4) is 0 Å². The maximum Gasteiger partial charge on any atom is 0.356 e. The number of nitrogens with two attached hydrogens (primary N) is 1. The molecule has 4 rings (SSSR count). The van der Waals surface area contributed by atoms with E-state index in [1.54, 1.807) is 11.8 Å². The first-order valence-corrected chi connectivity index (χ1v) is 10.5. The molecule has 29 heavy (non-hydrogen) atoms. The van der Waals surface area contributed by atoms with Gasteiger partial charge in [-0.1, -0.05) is 72.8 Å². The Morgan fingerprint density at radius 1 is 1.14 bits per heavy atom. The van der Waals surface area contributed by atoms with Crippen molar-refractivity contribution < 1.29 is 14.3 Å². The molecule has 0 radical (unpaired) electrons. The van der Waals surface area contributed by atoms with Gasteiger partial charge in [0.1, 0.15) is 17.1 Å². The average molecular weight is 407 g/mol. The normalized spacial score (nSPS) is 21.3. The minimum Gasteiger partial charge on any atom is -0.448 e. The van der Waals surface area contributed by atoms with Gasteiger partial charge in [-0.15, -0.1) is 11.8 Å². The Morgan fingerprint density at radius 2 is 1.72 bits per heavy atom. The Morgan fingerprint density at radius 3 is 2.28 bits per heavy atom. The molecule has 0 aromatic heterocycles. The van der Waals surface area contributed by atoms with Crippen LogP contribution in [-0.2, 0) is 14.3 Å². The van der Waals surface area contributed by atoms with Crippen molar-refractivity contribution in [2.24, 2.45) is 5.73 Å². The largest absolute Gasteiger partial charge is 0.448 e. The number of hydrogen-bond donors (Lipinski definition) is 1. The number of carbonyl (C=O) groups excluding carboxylic acids is 2. The molecule has 2 aliphatic heterocycles. The third-order valence-electron chi connectivity index (χ3n) is 5.03. The third kappa shape index (κ3) is 3.61. The van der Waals surface area contributed by atoms with Crippen molar-refractivity contribution in [1.29, 1.82) is 0 Å². The molecule has 2 aromatic rings. The summed E-state index contributed by atoms with van der Waals surface area (Å²) in [5.74, 6) is -0.147. The van der Waals surface area contributed by atoms with Gasteiger partial charge in [0.15, 0.2) is 6.10 Å². The minimum absolute atomic E-state index is 0.217. The molecule has 2 aromatic carbocycles. The molecular formula is C23H22N2O3S. The second-order valence-corrected chi connectivity index (χ2v) is 8.02. The summed E-state index contributed by atoms with van der Waals surface area (Å²) in [6, 6.07) is 18.6. The third-order valence-corrected chi connectivity index (χ3v) is 6.35. The molecule has 6 heteroatoms. The van der Waals surface area contributed by atoms with Gasteiger partial charge in [0.05, 0.1) is 0 Å². The van der Waals surface area contributed by atoms with Gasteiger partial charge in [0, 0.05) is 5.75 Å². The fraction of sp³-hybridized carbons (Fsp3) is 0.217. The molecule has 0 bridgehead atoms. The van der Waals surface area contributed by atoms with Crippen LogP contribution >= 0.6 is 11.8 Å². The van der Waals surface area contributed by atoms with E-state index in [-0.39, 0.29) is 11.3 Å². The van der Waals surface area contributed by atoms with Crippen molar-refractivity contribution >= 4 is 23.6 Å². The van der Waals surface area contributed by atoms with Crippen LogP contribution in [0.2, 0.25) is 0 Å². The molecule has 0 spiro atoms. The lowest BCUT2D eigenvalue weighted by Crippen LogP contribution is -2.68. The van der Waals surface area contributed by atoms with E-state index < -0.39 is 18.1 Å². The Labute approximate surface area is 174 Å². The lowest BCUT2D eigenvalue weighted by molar-refractivity contribution is -0.153. The van der Waals surface area contributed by atoms with Crippen molar-refractivity contribution in [1.82, 2.24) is 4.90 Å². The Kier molecular flexibility index (Phi) is 5.56. The van der Waals surface area contributed by atoms with Crippen molar-refractivity contribution in [2.75, 3.05) is 5.75 Å². The molecule has 1 fully saturated rings. The summed E-state index contributed by atoms with van der Waals surface area (Å²) < 4.78 is 6.00. The van der Waals surface area contributed by atoms with Crippen LogP contribution in [0.15, 0.2) is 84.1 Å². The average Bonchev–Trinajstić information content (AvgIpc) is 2.77. The lowest BCUT2D eigenvalue weighted by Gasteiger charge is -2.48. The zero-order chi connectivity index (χ0) is 20.4. The number of β-lactam (4-membered cyclic amide) rings is 1. The highest BCUT2D eigenvalue weighted by Crippen LogP contribution is 2.41. The number of rotatable bonds is 5. The highest BCUT2D eigenvalue weighted by atomic mass is 32.2. The van der Waals surface area contributed by atoms with Gasteiger partial charge < -0.3 is 10.5 Å². The maximum atomic E-state index is 13.3. The predicted molar refractivity (Wildman–Crippen MR) is 114 cm³/mol. The summed E-state index contributed by atoms with van der Waals surface area (Å²) in [4.78, 5) is 27.2. The van der Waals surface area contributed by atoms with Gasteiger partial charge in [-0.3, -0.25) is 9.69 Å². The van der Waals surface area contributed by atoms with Gasteiger partial charge in [0.25, 0.3) is 0 Å². The van der Waals surface area contributed by atoms with Crippen LogP contribution in [0, 0.1) is 0 Å². The molecule has 1 saturated heterocycles. The van der Waals surface area contributed by atoms with Crippen LogP contribution in [-0.4, -0.2) is 33.9 Å². The molecule has 2 aliphatic rings. The topological polar surface area (TPSA) is 72.6 Å². The zero-order valence-electron chi connectivity index (χ0n) is 16.0. The van der Waals surface area contributed by atoms with Crippen LogP contribution in [0.3, 0.4) is 0 Å². The van der Waals surface area contributed by atoms with E-state index in [2.05, 4.69) is 0 Å². The molecule has 1 amide bonds. The molecule has 0 aliphatic carbocycles. The first kappa shape index (κ1) is 19.5. The second-order valence-electron chi connectivity index (χ2n) is 6.92. The first-order chi connectivity index (χ1) is 14.1. The van der Waals surface area contributed by atoms with Crippen molar-refractivity contribution in [3.63, 3.8) is 0 Å². The molecule has 0 saturated carbocycles. The van der Waals surface area contributed by atoms with E-state index in [9.17, 15) is 9.59 Å². The van der Waals surface area contributed by atoms with E-state index in [1.807, 2.05) is 79.7 Å². The number of nitrogens with zero attached hydrogens (tertiary/aromatic N) is 1. The van der Waals surface area contributed by atoms with E-state index >= 15 is 0 Å². The van der Waals surface area contributed by atoms with Crippen LogP contribution in [0.1, 0.15) is 24.2 Å². The molecular weight excluding hydrogens is 384 g/mol. The number of hydrogen-bond acceptors (Lipinski definition) is 5. The SMILES string of the molecule is C/C=C/C1=C(C(=O)OC(c2ccccc2)c2ccccc2)N2C(=O)C(N)C2SC1. The molecule has 148 valence electrons. The number of carbonyl (C=O) groups is 2. The number of esters is 1. The zero-order valence-corrected chi connectivity index (χ0v) is 16.8. The van der Waals surface area contributed by atoms with Crippen LogP contribution in [0.4, 0.5) is 0 Å². The molecule has 2 N–H and O–H groups in total. The van der Waals surface area contributed by atoms with Gasteiger partial charge >= 0.3 is 5.97 Å². The standard InChI is InChI=1S/C23H22N2O3S/c1-2-9-17-14-29-22-18(24)21(26)25(22)19(17)23(27)28-20(15-10-5-3-6-11-15)16-12-7-4-8-13-16/h2-13,18,20,22H,14,24H2,1H3/b9-2+. The smallest absolute Gasteiger partial charge is 0.356 e. The molecule has 5 nitrogen and oxygen atoms in total. The number of thioether (sulfide) groups is 1. The van der Waals surface area contributed by atoms with Crippen LogP contribution in [0.25, 0.3) is 0 Å². The summed E-state index contributed by atoms with van der Waals surface area (Å²) in [6.07, 6.45) is 3.15. The number of fused-ring (bicyclic) bond motifs is 1. The van der Waals surface area contributed by atoms with E-state index in [1.165, 1.54) is 4.90 Å². The van der Waals surface area contributed by atoms with Gasteiger partial charge in [-0.25, -0.2) is 4.79 Å². The number of allylic oxidation sites excluding steroid dienone is 2. The fourth-order valence-electron chi connectivity index (χ4n) is 3.61. The van der Waals surface area contributed by atoms with Crippen LogP contribution < -0.4 is 5.73 Å². The number of benzene rings is 2. The second kappa shape index (κ2) is 8.27. The Bertz CT molecular complexity index is 933. The van der Waals surface area contributed by atoms with Gasteiger partial charge in [-0.05, 0) is 23.6 Å². The minimum atomic E-state index is -0.575. The van der Waals surface area contributed by atoms with Crippen molar-refractivity contribution in [3.05, 3.63) is 95.2 Å². The predicted octanol–water partition coefficient (Wildman–Crippen LogP) is 3.39. The maximum absolute atomic E-state index is 13.3. The highest BCUT2D eigenvalue weighted by Gasteiger charge is 2.52. The summed E-state index contributed by atoms with van der Waals surface area (Å²) >= 11 is 1.57. The Balaban J connectivity index is 1.70. The highest BCUT2D eigenvalue weighted by molar-refractivity contribution is 8.00. The Hall–Kier alpha value is -2.83. The first-order valence-electron chi connectivity index (χ1n) is 9.48. The van der Waals surface area contributed by atoms with Crippen LogP contribution in [0.5, 0.6) is 0 Å². The molecule has 2 unspecified atom stereocenters. The fourth-order valence-corrected chi connectivity index (χ4v) is 4.87. The van der Waals surface area contributed by atoms with Gasteiger partial charge in [-0.2, -0.15) is 0 Å². The number of ether oxygens (including phenoxy) is 1. The van der Waals surface area contributed by atoms with E-state index in [0.717, 1.165) is 16.7 Å². The molecule has 2 heterocycles. The quantitative estimate of drug-likeness (QED) is 0.609. The molecule has 2 atom stereocenters. The van der Waals surface area contributed by atoms with Crippen molar-refractivity contribution in [2.45, 2.75) is 24.4 Å². The summed E-state index contributed by atoms with van der Waals surface area (Å²) in [6.45, 7) is 1.88. The number of amides is 1. The summed E-state index contributed by atoms with van der Waals surface area (Å²) in [5, 5.41) is -0.217. The monoisotopic (exact) mass is 406 g/mol. The van der Waals surface area contributed by atoms with E-state index in [0.29, 0.717) is 11.4 Å². The summed E-state index contributed by atoms with van der Waals surface area (Å²) in [5.41, 5.74) is 8.75. The van der Waals surface area contributed by atoms with Gasteiger partial charge in [0.2, 0.25) is 5.91 Å². The summed E-state index contributed by atoms with van der Waals surface area (Å²) in [7, 11) is 0.